The molecule has 112 valence electrons. The lowest BCUT2D eigenvalue weighted by Crippen LogP contribution is -2.15. The molecular weight excluding hydrogens is 300 g/mol. The molecule has 0 aliphatic rings. The molecule has 2 aromatic rings. The first-order chi connectivity index (χ1) is 9.85. The SMILES string of the molecule is Cc1ccc(F)c(NS(=O)(=O)c2ccc(CO)cc2)c1F. The summed E-state index contributed by atoms with van der Waals surface area (Å²) >= 11 is 0. The van der Waals surface area contributed by atoms with E-state index in [0.29, 0.717) is 5.56 Å². The van der Waals surface area contributed by atoms with Gasteiger partial charge in [-0.25, -0.2) is 17.2 Å². The molecule has 0 aromatic heterocycles. The van der Waals surface area contributed by atoms with Gasteiger partial charge in [0.05, 0.1) is 11.5 Å². The number of benzene rings is 2. The van der Waals surface area contributed by atoms with E-state index >= 15 is 0 Å². The van der Waals surface area contributed by atoms with Crippen molar-refractivity contribution in [3.8, 4) is 0 Å². The quantitative estimate of drug-likeness (QED) is 0.911. The third-order valence-corrected chi connectivity index (χ3v) is 4.30. The van der Waals surface area contributed by atoms with E-state index in [-0.39, 0.29) is 17.1 Å². The molecule has 7 heteroatoms. The fraction of sp³-hybridized carbons (Fsp3) is 0.143. The third-order valence-electron chi connectivity index (χ3n) is 2.94. The number of anilines is 1. The Labute approximate surface area is 121 Å². The summed E-state index contributed by atoms with van der Waals surface area (Å²) in [6.45, 7) is 1.18. The number of hydrogen-bond acceptors (Lipinski definition) is 3. The molecule has 2 rings (SSSR count). The number of rotatable bonds is 4. The van der Waals surface area contributed by atoms with E-state index in [4.69, 9.17) is 5.11 Å². The molecule has 0 saturated carbocycles. The minimum Gasteiger partial charge on any atom is -0.392 e. The Balaban J connectivity index is 2.39. The number of aryl methyl sites for hydroxylation is 1. The topological polar surface area (TPSA) is 66.4 Å². The second kappa shape index (κ2) is 5.79. The third kappa shape index (κ3) is 3.20. The maximum atomic E-state index is 13.8. The molecule has 0 bridgehead atoms. The van der Waals surface area contributed by atoms with E-state index in [1.54, 1.807) is 0 Å². The second-order valence-corrected chi connectivity index (χ2v) is 6.14. The fourth-order valence-electron chi connectivity index (χ4n) is 1.72. The monoisotopic (exact) mass is 313 g/mol. The van der Waals surface area contributed by atoms with Crippen molar-refractivity contribution in [1.29, 1.82) is 0 Å². The van der Waals surface area contributed by atoms with Crippen LogP contribution in [0.3, 0.4) is 0 Å². The highest BCUT2D eigenvalue weighted by Gasteiger charge is 2.20. The highest BCUT2D eigenvalue weighted by molar-refractivity contribution is 7.92. The van der Waals surface area contributed by atoms with Gasteiger partial charge >= 0.3 is 0 Å². The number of aliphatic hydroxyl groups excluding tert-OH is 1. The van der Waals surface area contributed by atoms with E-state index in [9.17, 15) is 17.2 Å². The first kappa shape index (κ1) is 15.4. The normalized spacial score (nSPS) is 11.4. The molecule has 2 N–H and O–H groups in total. The van der Waals surface area contributed by atoms with E-state index < -0.39 is 27.3 Å². The summed E-state index contributed by atoms with van der Waals surface area (Å²) in [5.41, 5.74) is -0.0483. The number of halogens is 2. The first-order valence-corrected chi connectivity index (χ1v) is 7.50. The van der Waals surface area contributed by atoms with Crippen LogP contribution in [0.1, 0.15) is 11.1 Å². The Morgan fingerprint density at radius 3 is 2.29 bits per heavy atom. The molecule has 2 aromatic carbocycles. The van der Waals surface area contributed by atoms with Gasteiger partial charge in [-0.15, -0.1) is 0 Å². The van der Waals surface area contributed by atoms with Crippen molar-refractivity contribution < 1.29 is 22.3 Å². The van der Waals surface area contributed by atoms with Gasteiger partial charge in [0.2, 0.25) is 0 Å². The predicted molar refractivity (Wildman–Crippen MR) is 74.3 cm³/mol. The summed E-state index contributed by atoms with van der Waals surface area (Å²) in [7, 11) is -4.11. The van der Waals surface area contributed by atoms with Crippen LogP contribution in [0.2, 0.25) is 0 Å². The number of nitrogens with one attached hydrogen (secondary N) is 1. The first-order valence-electron chi connectivity index (χ1n) is 6.02. The Bertz CT molecular complexity index is 759. The van der Waals surface area contributed by atoms with Crippen LogP contribution in [0.5, 0.6) is 0 Å². The Morgan fingerprint density at radius 1 is 1.10 bits per heavy atom. The highest BCUT2D eigenvalue weighted by atomic mass is 32.2. The van der Waals surface area contributed by atoms with Crippen LogP contribution < -0.4 is 4.72 Å². The summed E-state index contributed by atoms with van der Waals surface area (Å²) in [6.07, 6.45) is 0. The molecule has 0 aliphatic heterocycles. The average molecular weight is 313 g/mol. The van der Waals surface area contributed by atoms with Crippen molar-refractivity contribution in [2.45, 2.75) is 18.4 Å². The molecule has 0 atom stereocenters. The number of hydrogen-bond donors (Lipinski definition) is 2. The minimum atomic E-state index is -4.11. The van der Waals surface area contributed by atoms with Gasteiger partial charge in [0.1, 0.15) is 11.5 Å². The van der Waals surface area contributed by atoms with Gasteiger partial charge in [0, 0.05) is 0 Å². The van der Waals surface area contributed by atoms with Gasteiger partial charge < -0.3 is 5.11 Å². The maximum absolute atomic E-state index is 13.8. The molecule has 0 unspecified atom stereocenters. The molecular formula is C14H13F2NO3S. The zero-order valence-electron chi connectivity index (χ0n) is 11.1. The van der Waals surface area contributed by atoms with Gasteiger partial charge in [-0.05, 0) is 36.2 Å². The van der Waals surface area contributed by atoms with Crippen molar-refractivity contribution >= 4 is 15.7 Å². The Hall–Kier alpha value is -1.99. The summed E-state index contributed by atoms with van der Waals surface area (Å²) < 4.78 is 53.6. The molecule has 0 heterocycles. The molecule has 4 nitrogen and oxygen atoms in total. The van der Waals surface area contributed by atoms with Crippen LogP contribution in [0.25, 0.3) is 0 Å². The lowest BCUT2D eigenvalue weighted by Gasteiger charge is -2.11. The number of aliphatic hydroxyl groups is 1. The Morgan fingerprint density at radius 2 is 1.71 bits per heavy atom. The van der Waals surface area contributed by atoms with Gasteiger partial charge in [-0.1, -0.05) is 18.2 Å². The van der Waals surface area contributed by atoms with Gasteiger partial charge in [-0.3, -0.25) is 4.72 Å². The molecule has 0 fully saturated rings. The fourth-order valence-corrected chi connectivity index (χ4v) is 2.79. The molecule has 0 saturated heterocycles. The summed E-state index contributed by atoms with van der Waals surface area (Å²) in [5, 5.41) is 8.91. The largest absolute Gasteiger partial charge is 0.392 e. The van der Waals surface area contributed by atoms with Gasteiger partial charge in [0.15, 0.2) is 5.82 Å². The van der Waals surface area contributed by atoms with Crippen LogP contribution in [0.4, 0.5) is 14.5 Å². The van der Waals surface area contributed by atoms with Crippen molar-refractivity contribution in [1.82, 2.24) is 0 Å². The average Bonchev–Trinajstić information content (AvgIpc) is 2.48. The van der Waals surface area contributed by atoms with Crippen molar-refractivity contribution in [2.75, 3.05) is 4.72 Å². The molecule has 21 heavy (non-hydrogen) atoms. The van der Waals surface area contributed by atoms with Crippen molar-refractivity contribution in [3.05, 3.63) is 59.2 Å². The lowest BCUT2D eigenvalue weighted by atomic mass is 10.2. The van der Waals surface area contributed by atoms with Gasteiger partial charge in [0.25, 0.3) is 10.0 Å². The van der Waals surface area contributed by atoms with Crippen LogP contribution in [0.15, 0.2) is 41.3 Å². The Kier molecular flexibility index (Phi) is 4.24. The second-order valence-electron chi connectivity index (χ2n) is 4.46. The summed E-state index contributed by atoms with van der Waals surface area (Å²) in [4.78, 5) is -0.153. The predicted octanol–water partition coefficient (Wildman–Crippen LogP) is 2.57. The molecule has 0 spiro atoms. The smallest absolute Gasteiger partial charge is 0.262 e. The highest BCUT2D eigenvalue weighted by Crippen LogP contribution is 2.24. The molecule has 0 aliphatic carbocycles. The lowest BCUT2D eigenvalue weighted by molar-refractivity contribution is 0.282. The standard InChI is InChI=1S/C14H13F2NO3S/c1-9-2-7-12(15)14(13(9)16)17-21(19,20)11-5-3-10(8-18)4-6-11/h2-7,17-18H,8H2,1H3. The van der Waals surface area contributed by atoms with E-state index in [1.807, 2.05) is 4.72 Å². The zero-order chi connectivity index (χ0) is 15.6. The van der Waals surface area contributed by atoms with E-state index in [1.165, 1.54) is 37.3 Å². The summed E-state index contributed by atoms with van der Waals surface area (Å²) in [6, 6.07) is 7.54. The van der Waals surface area contributed by atoms with Crippen LogP contribution in [-0.4, -0.2) is 13.5 Å². The number of sulfonamides is 1. The van der Waals surface area contributed by atoms with E-state index in [2.05, 4.69) is 0 Å². The van der Waals surface area contributed by atoms with Crippen LogP contribution >= 0.6 is 0 Å². The zero-order valence-corrected chi connectivity index (χ0v) is 11.9. The van der Waals surface area contributed by atoms with Crippen LogP contribution in [-0.2, 0) is 16.6 Å². The molecule has 0 radical (unpaired) electrons. The van der Waals surface area contributed by atoms with E-state index in [0.717, 1.165) is 6.07 Å². The van der Waals surface area contributed by atoms with Crippen molar-refractivity contribution in [2.24, 2.45) is 0 Å². The van der Waals surface area contributed by atoms with Crippen LogP contribution in [0, 0.1) is 18.6 Å². The van der Waals surface area contributed by atoms with Gasteiger partial charge in [-0.2, -0.15) is 0 Å². The molecule has 0 amide bonds. The minimum absolute atomic E-state index is 0.129. The van der Waals surface area contributed by atoms with Crippen molar-refractivity contribution in [3.63, 3.8) is 0 Å². The summed E-state index contributed by atoms with van der Waals surface area (Å²) in [5.74, 6) is -1.95. The maximum Gasteiger partial charge on any atom is 0.262 e.